The van der Waals surface area contributed by atoms with Crippen LogP contribution in [-0.2, 0) is 13.0 Å². The Bertz CT molecular complexity index is 667. The van der Waals surface area contributed by atoms with Crippen LogP contribution in [0.25, 0.3) is 0 Å². The molecule has 1 heterocycles. The molecule has 3 N–H and O–H groups in total. The van der Waals surface area contributed by atoms with Crippen LogP contribution >= 0.6 is 0 Å². The van der Waals surface area contributed by atoms with E-state index in [-0.39, 0.29) is 0 Å². The number of hydrogen-bond donors (Lipinski definition) is 2. The van der Waals surface area contributed by atoms with Gasteiger partial charge in [-0.15, -0.1) is 0 Å². The van der Waals surface area contributed by atoms with Gasteiger partial charge in [-0.25, -0.2) is 4.79 Å². The van der Waals surface area contributed by atoms with Crippen LogP contribution in [-0.4, -0.2) is 17.6 Å². The van der Waals surface area contributed by atoms with Crippen molar-refractivity contribution in [2.75, 3.05) is 17.2 Å². The van der Waals surface area contributed by atoms with Crippen molar-refractivity contribution in [2.45, 2.75) is 13.0 Å². The highest BCUT2D eigenvalue weighted by molar-refractivity contribution is 5.95. The van der Waals surface area contributed by atoms with Crippen LogP contribution in [0.5, 0.6) is 0 Å². The van der Waals surface area contributed by atoms with Crippen LogP contribution in [0.4, 0.5) is 11.4 Å². The van der Waals surface area contributed by atoms with E-state index in [9.17, 15) is 9.90 Å². The molecule has 4 nitrogen and oxygen atoms in total. The van der Waals surface area contributed by atoms with Crippen molar-refractivity contribution in [3.8, 4) is 0 Å². The number of nitrogen functional groups attached to an aromatic ring is 1. The van der Waals surface area contributed by atoms with Gasteiger partial charge in [0.1, 0.15) is 0 Å². The second-order valence-electron chi connectivity index (χ2n) is 5.02. The summed E-state index contributed by atoms with van der Waals surface area (Å²) in [5.74, 6) is -0.918. The summed E-state index contributed by atoms with van der Waals surface area (Å²) in [5.41, 5.74) is 9.99. The molecule has 20 heavy (non-hydrogen) atoms. The minimum Gasteiger partial charge on any atom is -0.478 e. The van der Waals surface area contributed by atoms with E-state index in [2.05, 4.69) is 17.0 Å². The van der Waals surface area contributed by atoms with Crippen molar-refractivity contribution in [2.24, 2.45) is 0 Å². The first-order valence-corrected chi connectivity index (χ1v) is 6.59. The molecule has 102 valence electrons. The Kier molecular flexibility index (Phi) is 3.06. The molecule has 0 amide bonds. The van der Waals surface area contributed by atoms with Gasteiger partial charge in [-0.3, -0.25) is 0 Å². The maximum Gasteiger partial charge on any atom is 0.337 e. The van der Waals surface area contributed by atoms with E-state index in [0.29, 0.717) is 16.9 Å². The van der Waals surface area contributed by atoms with Crippen LogP contribution < -0.4 is 10.6 Å². The van der Waals surface area contributed by atoms with Crippen LogP contribution in [0.3, 0.4) is 0 Å². The SMILES string of the molecule is Nc1ccc(C(=O)O)c(N2CCc3ccccc3C2)c1. The molecule has 0 radical (unpaired) electrons. The highest BCUT2D eigenvalue weighted by Crippen LogP contribution is 2.29. The number of carboxylic acid groups (broad SMARTS) is 1. The van der Waals surface area contributed by atoms with E-state index in [0.717, 1.165) is 19.5 Å². The first kappa shape index (κ1) is 12.5. The van der Waals surface area contributed by atoms with Gasteiger partial charge in [0.2, 0.25) is 0 Å². The van der Waals surface area contributed by atoms with Crippen LogP contribution in [0.15, 0.2) is 42.5 Å². The average Bonchev–Trinajstić information content (AvgIpc) is 2.46. The van der Waals surface area contributed by atoms with Gasteiger partial charge < -0.3 is 15.7 Å². The molecular formula is C16H16N2O2. The predicted octanol–water partition coefficient (Wildman–Crippen LogP) is 2.53. The molecule has 0 saturated carbocycles. The van der Waals surface area contributed by atoms with Gasteiger partial charge in [0.25, 0.3) is 0 Å². The van der Waals surface area contributed by atoms with E-state index >= 15 is 0 Å². The first-order valence-electron chi connectivity index (χ1n) is 6.59. The molecule has 1 aliphatic heterocycles. The van der Waals surface area contributed by atoms with E-state index in [1.165, 1.54) is 11.1 Å². The fourth-order valence-electron chi connectivity index (χ4n) is 2.69. The number of anilines is 2. The summed E-state index contributed by atoms with van der Waals surface area (Å²) < 4.78 is 0. The Morgan fingerprint density at radius 3 is 2.65 bits per heavy atom. The molecule has 0 spiro atoms. The minimum atomic E-state index is -0.918. The maximum atomic E-state index is 11.4. The summed E-state index contributed by atoms with van der Waals surface area (Å²) in [7, 11) is 0. The zero-order valence-electron chi connectivity index (χ0n) is 11.0. The zero-order valence-corrected chi connectivity index (χ0v) is 11.0. The number of rotatable bonds is 2. The van der Waals surface area contributed by atoms with Crippen molar-refractivity contribution in [1.29, 1.82) is 0 Å². The zero-order chi connectivity index (χ0) is 14.1. The van der Waals surface area contributed by atoms with E-state index in [1.807, 2.05) is 12.1 Å². The van der Waals surface area contributed by atoms with Crippen molar-refractivity contribution in [3.63, 3.8) is 0 Å². The van der Waals surface area contributed by atoms with Crippen molar-refractivity contribution >= 4 is 17.3 Å². The first-order chi connectivity index (χ1) is 9.65. The normalized spacial score (nSPS) is 13.9. The Morgan fingerprint density at radius 2 is 1.90 bits per heavy atom. The van der Waals surface area contributed by atoms with E-state index < -0.39 is 5.97 Å². The summed E-state index contributed by atoms with van der Waals surface area (Å²) in [4.78, 5) is 13.4. The fraction of sp³-hybridized carbons (Fsp3) is 0.188. The topological polar surface area (TPSA) is 66.6 Å². The third-order valence-electron chi connectivity index (χ3n) is 3.72. The Morgan fingerprint density at radius 1 is 1.15 bits per heavy atom. The van der Waals surface area contributed by atoms with Gasteiger partial charge in [-0.05, 0) is 35.7 Å². The molecule has 3 rings (SSSR count). The largest absolute Gasteiger partial charge is 0.478 e. The highest BCUT2D eigenvalue weighted by Gasteiger charge is 2.20. The number of hydrogen-bond acceptors (Lipinski definition) is 3. The number of carbonyl (C=O) groups is 1. The summed E-state index contributed by atoms with van der Waals surface area (Å²) in [6, 6.07) is 13.2. The standard InChI is InChI=1S/C16H16N2O2/c17-13-5-6-14(16(19)20)15(9-13)18-8-7-11-3-1-2-4-12(11)10-18/h1-6,9H,7-8,10,17H2,(H,19,20). The van der Waals surface area contributed by atoms with E-state index in [1.54, 1.807) is 18.2 Å². The lowest BCUT2D eigenvalue weighted by atomic mass is 9.98. The fourth-order valence-corrected chi connectivity index (χ4v) is 2.69. The molecule has 2 aromatic carbocycles. The smallest absolute Gasteiger partial charge is 0.337 e. The molecule has 0 bridgehead atoms. The van der Waals surface area contributed by atoms with Crippen molar-refractivity contribution in [1.82, 2.24) is 0 Å². The summed E-state index contributed by atoms with van der Waals surface area (Å²) in [5, 5.41) is 9.31. The molecule has 2 aromatic rings. The summed E-state index contributed by atoms with van der Waals surface area (Å²) in [6.07, 6.45) is 0.921. The third kappa shape index (κ3) is 2.20. The van der Waals surface area contributed by atoms with Gasteiger partial charge in [0.05, 0.1) is 11.3 Å². The number of carboxylic acids is 1. The highest BCUT2D eigenvalue weighted by atomic mass is 16.4. The molecule has 0 fully saturated rings. The Labute approximate surface area is 117 Å². The molecule has 4 heteroatoms. The molecule has 0 atom stereocenters. The quantitative estimate of drug-likeness (QED) is 0.821. The number of nitrogens with zero attached hydrogens (tertiary/aromatic N) is 1. The van der Waals surface area contributed by atoms with Gasteiger partial charge >= 0.3 is 5.97 Å². The number of fused-ring (bicyclic) bond motifs is 1. The van der Waals surface area contributed by atoms with Gasteiger partial charge in [-0.2, -0.15) is 0 Å². The summed E-state index contributed by atoms with van der Waals surface area (Å²) >= 11 is 0. The lowest BCUT2D eigenvalue weighted by Gasteiger charge is -2.31. The van der Waals surface area contributed by atoms with Crippen LogP contribution in [0.2, 0.25) is 0 Å². The predicted molar refractivity (Wildman–Crippen MR) is 79.0 cm³/mol. The minimum absolute atomic E-state index is 0.304. The van der Waals surface area contributed by atoms with Gasteiger partial charge in [0, 0.05) is 18.8 Å². The maximum absolute atomic E-state index is 11.4. The van der Waals surface area contributed by atoms with Crippen molar-refractivity contribution < 1.29 is 9.90 Å². The molecule has 0 aromatic heterocycles. The molecular weight excluding hydrogens is 252 g/mol. The number of nitrogens with two attached hydrogens (primary N) is 1. The average molecular weight is 268 g/mol. The van der Waals surface area contributed by atoms with Crippen LogP contribution in [0.1, 0.15) is 21.5 Å². The molecule has 1 aliphatic rings. The Balaban J connectivity index is 1.99. The monoisotopic (exact) mass is 268 g/mol. The Hall–Kier alpha value is -2.49. The number of aromatic carboxylic acids is 1. The number of benzene rings is 2. The lowest BCUT2D eigenvalue weighted by Crippen LogP contribution is -2.31. The third-order valence-corrected chi connectivity index (χ3v) is 3.72. The summed E-state index contributed by atoms with van der Waals surface area (Å²) in [6.45, 7) is 1.53. The molecule has 0 saturated heterocycles. The van der Waals surface area contributed by atoms with Crippen molar-refractivity contribution in [3.05, 3.63) is 59.2 Å². The van der Waals surface area contributed by atoms with Crippen LogP contribution in [0, 0.1) is 0 Å². The van der Waals surface area contributed by atoms with Gasteiger partial charge in [-0.1, -0.05) is 24.3 Å². The second-order valence-corrected chi connectivity index (χ2v) is 5.02. The lowest BCUT2D eigenvalue weighted by molar-refractivity contribution is 0.0697. The molecule has 0 unspecified atom stereocenters. The second kappa shape index (κ2) is 4.89. The van der Waals surface area contributed by atoms with Gasteiger partial charge in [0.15, 0.2) is 0 Å². The van der Waals surface area contributed by atoms with E-state index in [4.69, 9.17) is 5.73 Å². The molecule has 0 aliphatic carbocycles.